The van der Waals surface area contributed by atoms with Crippen molar-refractivity contribution in [3.05, 3.63) is 88.8 Å². The fourth-order valence-corrected chi connectivity index (χ4v) is 4.34. The van der Waals surface area contributed by atoms with Gasteiger partial charge in [-0.1, -0.05) is 30.3 Å². The first-order valence-electron chi connectivity index (χ1n) is 10.2. The molecule has 0 saturated heterocycles. The maximum atomic E-state index is 12.0. The third-order valence-corrected chi connectivity index (χ3v) is 5.76. The van der Waals surface area contributed by atoms with Crippen molar-refractivity contribution in [3.8, 4) is 0 Å². The minimum atomic E-state index is -0.399. The van der Waals surface area contributed by atoms with Crippen LogP contribution in [0.25, 0.3) is 16.5 Å². The molecule has 0 radical (unpaired) electrons. The van der Waals surface area contributed by atoms with Crippen molar-refractivity contribution in [2.75, 3.05) is 6.54 Å². The molecule has 2 aliphatic heterocycles. The van der Waals surface area contributed by atoms with Crippen molar-refractivity contribution >= 4 is 28.3 Å². The number of aromatic amines is 1. The molecule has 2 aliphatic rings. The highest BCUT2D eigenvalue weighted by Gasteiger charge is 2.27. The Labute approximate surface area is 178 Å². The van der Waals surface area contributed by atoms with Crippen molar-refractivity contribution in [1.29, 1.82) is 0 Å². The van der Waals surface area contributed by atoms with Crippen LogP contribution in [-0.2, 0) is 6.42 Å². The van der Waals surface area contributed by atoms with E-state index in [-0.39, 0.29) is 11.9 Å². The Bertz CT molecular complexity index is 1270. The van der Waals surface area contributed by atoms with E-state index in [1.165, 1.54) is 10.9 Å². The standard InChI is InChI=1S/C24H22N4O3/c25-18(9-16-11-26-22-4-2-1-3-19(16)22)8-14-7-17(13-28(31)12-14)15-5-6-20-21(10-15)24(30)27-23(20)29/h1-7,10-11,13,18,26,31H,8-9,12,25H2,(H,27,29,30)/t18-/m0/s1. The second-order valence-corrected chi connectivity index (χ2v) is 8.06. The predicted octanol–water partition coefficient (Wildman–Crippen LogP) is 2.98. The van der Waals surface area contributed by atoms with Gasteiger partial charge in [-0.15, -0.1) is 0 Å². The summed E-state index contributed by atoms with van der Waals surface area (Å²) in [6.07, 6.45) is 6.95. The molecule has 7 nitrogen and oxygen atoms in total. The molecule has 0 spiro atoms. The molecule has 0 aliphatic carbocycles. The molecule has 5 rings (SSSR count). The number of hydrogen-bond donors (Lipinski definition) is 4. The number of nitrogens with two attached hydrogens (primary N) is 1. The number of carbonyl (C=O) groups is 2. The largest absolute Gasteiger partial charge is 0.361 e. The molecule has 2 aromatic carbocycles. The van der Waals surface area contributed by atoms with Gasteiger partial charge in [0.25, 0.3) is 11.8 Å². The number of carbonyl (C=O) groups excluding carboxylic acids is 2. The van der Waals surface area contributed by atoms with Crippen LogP contribution >= 0.6 is 0 Å². The Morgan fingerprint density at radius 3 is 2.74 bits per heavy atom. The molecule has 7 heteroatoms. The van der Waals surface area contributed by atoms with Crippen molar-refractivity contribution in [2.24, 2.45) is 5.73 Å². The van der Waals surface area contributed by atoms with Crippen molar-refractivity contribution in [3.63, 3.8) is 0 Å². The summed E-state index contributed by atoms with van der Waals surface area (Å²) < 4.78 is 0. The zero-order chi connectivity index (χ0) is 21.5. The summed E-state index contributed by atoms with van der Waals surface area (Å²) in [6.45, 7) is 0.370. The predicted molar refractivity (Wildman–Crippen MR) is 117 cm³/mol. The second kappa shape index (κ2) is 7.54. The molecule has 3 aromatic rings. The summed E-state index contributed by atoms with van der Waals surface area (Å²) in [7, 11) is 0. The second-order valence-electron chi connectivity index (χ2n) is 8.06. The molecule has 3 heterocycles. The maximum absolute atomic E-state index is 12.0. The first-order chi connectivity index (χ1) is 15.0. The minimum Gasteiger partial charge on any atom is -0.361 e. The number of rotatable bonds is 5. The fraction of sp³-hybridized carbons (Fsp3) is 0.167. The molecule has 2 amide bonds. The van der Waals surface area contributed by atoms with Gasteiger partial charge in [-0.25, -0.2) is 0 Å². The van der Waals surface area contributed by atoms with E-state index in [4.69, 9.17) is 5.73 Å². The molecule has 1 aromatic heterocycles. The minimum absolute atomic E-state index is 0.110. The number of H-pyrrole nitrogens is 1. The highest BCUT2D eigenvalue weighted by Crippen LogP contribution is 2.28. The number of benzene rings is 2. The number of nitrogens with zero attached hydrogens (tertiary/aromatic N) is 1. The number of hydrogen-bond acceptors (Lipinski definition) is 5. The lowest BCUT2D eigenvalue weighted by molar-refractivity contribution is -0.0327. The van der Waals surface area contributed by atoms with Crippen LogP contribution in [0.1, 0.15) is 38.3 Å². The van der Waals surface area contributed by atoms with Crippen LogP contribution < -0.4 is 11.1 Å². The number of fused-ring (bicyclic) bond motifs is 2. The zero-order valence-electron chi connectivity index (χ0n) is 16.8. The SMILES string of the molecule is N[C@@H](CC1=CC(c2ccc3c(c2)C(=O)NC3=O)=CN(O)C1)Cc1c[nH]c2ccccc12. The first-order valence-corrected chi connectivity index (χ1v) is 10.2. The fourth-order valence-electron chi connectivity index (χ4n) is 4.34. The molecule has 0 unspecified atom stereocenters. The van der Waals surface area contributed by atoms with Gasteiger partial charge < -0.3 is 10.7 Å². The van der Waals surface area contributed by atoms with E-state index >= 15 is 0 Å². The van der Waals surface area contributed by atoms with Gasteiger partial charge in [0, 0.05) is 34.9 Å². The number of nitrogens with one attached hydrogen (secondary N) is 2. The average molecular weight is 414 g/mol. The van der Waals surface area contributed by atoms with Crippen LogP contribution in [-0.4, -0.2) is 39.7 Å². The Morgan fingerprint density at radius 1 is 1.06 bits per heavy atom. The number of amides is 2. The smallest absolute Gasteiger partial charge is 0.258 e. The summed E-state index contributed by atoms with van der Waals surface area (Å²) in [5.41, 5.74) is 12.0. The Hall–Kier alpha value is -3.68. The highest BCUT2D eigenvalue weighted by molar-refractivity contribution is 6.21. The number of imide groups is 1. The lowest BCUT2D eigenvalue weighted by Crippen LogP contribution is -2.27. The average Bonchev–Trinajstić information content (AvgIpc) is 3.28. The molecular weight excluding hydrogens is 392 g/mol. The van der Waals surface area contributed by atoms with Gasteiger partial charge in [-0.2, -0.15) is 0 Å². The lowest BCUT2D eigenvalue weighted by Gasteiger charge is -2.24. The summed E-state index contributed by atoms with van der Waals surface area (Å²) in [5.74, 6) is -0.781. The van der Waals surface area contributed by atoms with E-state index in [0.29, 0.717) is 30.5 Å². The highest BCUT2D eigenvalue weighted by atomic mass is 16.5. The number of hydroxylamine groups is 2. The van der Waals surface area contributed by atoms with Gasteiger partial charge >= 0.3 is 0 Å². The normalized spacial score (nSPS) is 16.8. The van der Waals surface area contributed by atoms with Crippen LogP contribution in [0.5, 0.6) is 0 Å². The maximum Gasteiger partial charge on any atom is 0.258 e. The van der Waals surface area contributed by atoms with Gasteiger partial charge in [0.2, 0.25) is 0 Å². The van der Waals surface area contributed by atoms with E-state index in [1.54, 1.807) is 24.4 Å². The lowest BCUT2D eigenvalue weighted by atomic mass is 9.93. The molecule has 1 atom stereocenters. The van der Waals surface area contributed by atoms with E-state index < -0.39 is 5.91 Å². The van der Waals surface area contributed by atoms with Crippen LogP contribution in [0.15, 0.2) is 66.5 Å². The van der Waals surface area contributed by atoms with Crippen molar-refractivity contribution in [2.45, 2.75) is 18.9 Å². The van der Waals surface area contributed by atoms with Crippen LogP contribution in [0.2, 0.25) is 0 Å². The zero-order valence-corrected chi connectivity index (χ0v) is 16.8. The molecule has 156 valence electrons. The van der Waals surface area contributed by atoms with Crippen LogP contribution in [0.3, 0.4) is 0 Å². The molecule has 0 bridgehead atoms. The number of para-hydroxylation sites is 1. The third-order valence-electron chi connectivity index (χ3n) is 5.76. The first kappa shape index (κ1) is 19.3. The topological polar surface area (TPSA) is 111 Å². The van der Waals surface area contributed by atoms with Gasteiger partial charge in [-0.3, -0.25) is 25.2 Å². The Morgan fingerprint density at radius 2 is 1.87 bits per heavy atom. The van der Waals surface area contributed by atoms with Crippen LogP contribution in [0.4, 0.5) is 0 Å². The Kier molecular flexibility index (Phi) is 4.69. The third kappa shape index (κ3) is 3.65. The molecule has 0 saturated carbocycles. The number of aromatic nitrogens is 1. The summed E-state index contributed by atoms with van der Waals surface area (Å²) in [6, 6.07) is 13.1. The van der Waals surface area contributed by atoms with Gasteiger partial charge in [0.15, 0.2) is 0 Å². The summed E-state index contributed by atoms with van der Waals surface area (Å²) >= 11 is 0. The molecule has 31 heavy (non-hydrogen) atoms. The van der Waals surface area contributed by atoms with E-state index in [9.17, 15) is 14.8 Å². The molecule has 5 N–H and O–H groups in total. The van der Waals surface area contributed by atoms with E-state index in [0.717, 1.165) is 27.3 Å². The van der Waals surface area contributed by atoms with E-state index in [2.05, 4.69) is 16.4 Å². The van der Waals surface area contributed by atoms with E-state index in [1.807, 2.05) is 30.5 Å². The Balaban J connectivity index is 1.35. The van der Waals surface area contributed by atoms with Gasteiger partial charge in [0.1, 0.15) is 0 Å². The quantitative estimate of drug-likeness (QED) is 0.480. The molecular formula is C24H22N4O3. The number of allylic oxidation sites excluding steroid dienone is 2. The van der Waals surface area contributed by atoms with Crippen molar-refractivity contribution < 1.29 is 14.8 Å². The van der Waals surface area contributed by atoms with Crippen LogP contribution in [0, 0.1) is 0 Å². The van der Waals surface area contributed by atoms with Gasteiger partial charge in [-0.05, 0) is 47.7 Å². The van der Waals surface area contributed by atoms with Crippen molar-refractivity contribution in [1.82, 2.24) is 15.4 Å². The molecule has 0 fully saturated rings. The summed E-state index contributed by atoms with van der Waals surface area (Å²) in [4.78, 5) is 27.0. The van der Waals surface area contributed by atoms with Gasteiger partial charge in [0.05, 0.1) is 17.7 Å². The summed E-state index contributed by atoms with van der Waals surface area (Å²) in [5, 5.41) is 14.8. The monoisotopic (exact) mass is 414 g/mol.